The lowest BCUT2D eigenvalue weighted by Gasteiger charge is -2.13. The van der Waals surface area contributed by atoms with Gasteiger partial charge in [0.2, 0.25) is 0 Å². The van der Waals surface area contributed by atoms with Crippen molar-refractivity contribution >= 4 is 17.6 Å². The van der Waals surface area contributed by atoms with Crippen LogP contribution in [0.2, 0.25) is 0 Å². The summed E-state index contributed by atoms with van der Waals surface area (Å²) in [4.78, 5) is 23.2. The first-order chi connectivity index (χ1) is 9.36. The molecule has 0 radical (unpaired) electrons. The molecule has 110 valence electrons. The van der Waals surface area contributed by atoms with E-state index in [1.807, 2.05) is 6.92 Å². The van der Waals surface area contributed by atoms with Crippen LogP contribution in [0.25, 0.3) is 0 Å². The summed E-state index contributed by atoms with van der Waals surface area (Å²) in [5.74, 6) is -3.56. The molecule has 0 spiro atoms. The third-order valence-electron chi connectivity index (χ3n) is 2.51. The molecule has 1 aromatic rings. The van der Waals surface area contributed by atoms with E-state index in [1.165, 1.54) is 6.92 Å². The Morgan fingerprint density at radius 3 is 2.60 bits per heavy atom. The fourth-order valence-corrected chi connectivity index (χ4v) is 1.39. The van der Waals surface area contributed by atoms with E-state index in [0.29, 0.717) is 18.7 Å². The largest absolute Gasteiger partial charge is 0.449 e. The van der Waals surface area contributed by atoms with Crippen LogP contribution < -0.4 is 11.1 Å². The van der Waals surface area contributed by atoms with E-state index in [2.05, 4.69) is 5.32 Å². The van der Waals surface area contributed by atoms with Crippen LogP contribution in [-0.2, 0) is 9.53 Å². The molecule has 1 unspecified atom stereocenters. The molecule has 0 saturated heterocycles. The highest BCUT2D eigenvalue weighted by Gasteiger charge is 2.22. The molecule has 1 aromatic carbocycles. The van der Waals surface area contributed by atoms with E-state index in [1.54, 1.807) is 0 Å². The number of ether oxygens (including phenoxy) is 1. The van der Waals surface area contributed by atoms with Crippen molar-refractivity contribution < 1.29 is 23.1 Å². The molecule has 0 aliphatic rings. The number of hydrogen-bond donors (Lipinski definition) is 2. The summed E-state index contributed by atoms with van der Waals surface area (Å²) in [5.41, 5.74) is 4.15. The Kier molecular flexibility index (Phi) is 5.42. The lowest BCUT2D eigenvalue weighted by Crippen LogP contribution is -2.36. The average molecular weight is 286 g/mol. The van der Waals surface area contributed by atoms with E-state index >= 15 is 0 Å². The number of nitrogen functional groups attached to an aromatic ring is 1. The van der Waals surface area contributed by atoms with Gasteiger partial charge in [-0.15, -0.1) is 0 Å². The van der Waals surface area contributed by atoms with Crippen LogP contribution >= 0.6 is 0 Å². The number of rotatable bonds is 5. The fourth-order valence-electron chi connectivity index (χ4n) is 1.39. The number of amides is 1. The summed E-state index contributed by atoms with van der Waals surface area (Å²) in [6, 6.07) is 1.33. The molecular weight excluding hydrogens is 270 g/mol. The van der Waals surface area contributed by atoms with Gasteiger partial charge in [0.05, 0.1) is 11.3 Å². The van der Waals surface area contributed by atoms with Gasteiger partial charge in [0.25, 0.3) is 5.91 Å². The van der Waals surface area contributed by atoms with Crippen molar-refractivity contribution in [2.75, 3.05) is 12.3 Å². The first-order valence-corrected chi connectivity index (χ1v) is 6.10. The van der Waals surface area contributed by atoms with Gasteiger partial charge in [0.1, 0.15) is 11.6 Å². The summed E-state index contributed by atoms with van der Waals surface area (Å²) in [7, 11) is 0. The van der Waals surface area contributed by atoms with Gasteiger partial charge in [-0.2, -0.15) is 0 Å². The quantitative estimate of drug-likeness (QED) is 0.636. The topological polar surface area (TPSA) is 81.4 Å². The molecule has 0 fully saturated rings. The van der Waals surface area contributed by atoms with Gasteiger partial charge in [-0.25, -0.2) is 13.6 Å². The summed E-state index contributed by atoms with van der Waals surface area (Å²) in [5, 5.41) is 2.52. The predicted molar refractivity (Wildman–Crippen MR) is 68.9 cm³/mol. The lowest BCUT2D eigenvalue weighted by molar-refractivity contribution is -0.129. The SMILES string of the molecule is CCCNC(=O)C(C)OC(=O)c1cc(F)c(N)cc1F. The number of benzene rings is 1. The third-order valence-corrected chi connectivity index (χ3v) is 2.51. The van der Waals surface area contributed by atoms with Gasteiger partial charge in [0.15, 0.2) is 6.10 Å². The molecule has 20 heavy (non-hydrogen) atoms. The standard InChI is InChI=1S/C13H16F2N2O3/c1-3-4-17-12(18)7(2)20-13(19)8-5-10(15)11(16)6-9(8)14/h5-7H,3-4,16H2,1-2H3,(H,17,18). The molecular formula is C13H16F2N2O3. The molecule has 0 saturated carbocycles. The van der Waals surface area contributed by atoms with Crippen LogP contribution in [0.5, 0.6) is 0 Å². The Labute approximate surface area is 115 Å². The molecule has 5 nitrogen and oxygen atoms in total. The minimum atomic E-state index is -1.12. The van der Waals surface area contributed by atoms with Gasteiger partial charge < -0.3 is 15.8 Å². The minimum Gasteiger partial charge on any atom is -0.449 e. The van der Waals surface area contributed by atoms with Crippen LogP contribution in [0.3, 0.4) is 0 Å². The molecule has 0 aromatic heterocycles. The highest BCUT2D eigenvalue weighted by atomic mass is 19.1. The summed E-state index contributed by atoms with van der Waals surface area (Å²) >= 11 is 0. The summed E-state index contributed by atoms with van der Waals surface area (Å²) < 4.78 is 31.5. The number of esters is 1. The van der Waals surface area contributed by atoms with E-state index in [9.17, 15) is 18.4 Å². The maximum atomic E-state index is 13.5. The van der Waals surface area contributed by atoms with Crippen molar-refractivity contribution in [3.8, 4) is 0 Å². The molecule has 1 atom stereocenters. The van der Waals surface area contributed by atoms with Crippen LogP contribution in [0.4, 0.5) is 14.5 Å². The van der Waals surface area contributed by atoms with Crippen molar-refractivity contribution in [3.63, 3.8) is 0 Å². The maximum absolute atomic E-state index is 13.5. The Morgan fingerprint density at radius 1 is 1.35 bits per heavy atom. The minimum absolute atomic E-state index is 0.409. The first-order valence-electron chi connectivity index (χ1n) is 6.10. The van der Waals surface area contributed by atoms with Gasteiger partial charge in [-0.1, -0.05) is 6.92 Å². The predicted octanol–water partition coefficient (Wildman–Crippen LogP) is 1.62. The highest BCUT2D eigenvalue weighted by Crippen LogP contribution is 2.17. The number of nitrogens with one attached hydrogen (secondary N) is 1. The number of halogens is 2. The van der Waals surface area contributed by atoms with Gasteiger partial charge in [-0.05, 0) is 19.4 Å². The third kappa shape index (κ3) is 3.91. The van der Waals surface area contributed by atoms with E-state index in [0.717, 1.165) is 6.42 Å². The van der Waals surface area contributed by atoms with Crippen LogP contribution in [0.15, 0.2) is 12.1 Å². The van der Waals surface area contributed by atoms with Crippen molar-refractivity contribution in [2.24, 2.45) is 0 Å². The average Bonchev–Trinajstić information content (AvgIpc) is 2.39. The van der Waals surface area contributed by atoms with Gasteiger partial charge in [0, 0.05) is 12.6 Å². The monoisotopic (exact) mass is 286 g/mol. The normalized spacial score (nSPS) is 11.8. The highest BCUT2D eigenvalue weighted by molar-refractivity contribution is 5.92. The van der Waals surface area contributed by atoms with Crippen LogP contribution in [-0.4, -0.2) is 24.5 Å². The van der Waals surface area contributed by atoms with E-state index in [-0.39, 0.29) is 0 Å². The number of anilines is 1. The molecule has 7 heteroatoms. The van der Waals surface area contributed by atoms with Crippen molar-refractivity contribution in [2.45, 2.75) is 26.4 Å². The second kappa shape index (κ2) is 6.83. The maximum Gasteiger partial charge on any atom is 0.342 e. The smallest absolute Gasteiger partial charge is 0.342 e. The molecule has 1 amide bonds. The van der Waals surface area contributed by atoms with E-state index in [4.69, 9.17) is 10.5 Å². The van der Waals surface area contributed by atoms with Gasteiger partial charge >= 0.3 is 5.97 Å². The van der Waals surface area contributed by atoms with Crippen molar-refractivity contribution in [1.82, 2.24) is 5.32 Å². The first kappa shape index (κ1) is 15.9. The van der Waals surface area contributed by atoms with Gasteiger partial charge in [-0.3, -0.25) is 4.79 Å². The van der Waals surface area contributed by atoms with Crippen molar-refractivity contribution in [3.05, 3.63) is 29.3 Å². The Balaban J connectivity index is 2.76. The number of carbonyl (C=O) groups is 2. The lowest BCUT2D eigenvalue weighted by atomic mass is 10.2. The molecule has 1 rings (SSSR count). The number of carbonyl (C=O) groups excluding carboxylic acids is 2. The summed E-state index contributed by atoms with van der Waals surface area (Å²) in [6.07, 6.45) is -0.376. The number of hydrogen-bond acceptors (Lipinski definition) is 4. The molecule has 3 N–H and O–H groups in total. The second-order valence-electron chi connectivity index (χ2n) is 4.19. The fraction of sp³-hybridized carbons (Fsp3) is 0.385. The van der Waals surface area contributed by atoms with Crippen LogP contribution in [0, 0.1) is 11.6 Å². The molecule has 0 heterocycles. The Morgan fingerprint density at radius 2 is 2.00 bits per heavy atom. The second-order valence-corrected chi connectivity index (χ2v) is 4.19. The summed E-state index contributed by atoms with van der Waals surface area (Å²) in [6.45, 7) is 3.64. The van der Waals surface area contributed by atoms with Crippen molar-refractivity contribution in [1.29, 1.82) is 0 Å². The zero-order chi connectivity index (χ0) is 15.3. The van der Waals surface area contributed by atoms with E-state index < -0.39 is 40.9 Å². The zero-order valence-corrected chi connectivity index (χ0v) is 11.2. The Bertz CT molecular complexity index is 521. The molecule has 0 bridgehead atoms. The Hall–Kier alpha value is -2.18. The van der Waals surface area contributed by atoms with Crippen LogP contribution in [0.1, 0.15) is 30.6 Å². The zero-order valence-electron chi connectivity index (χ0n) is 11.2. The molecule has 0 aliphatic heterocycles. The molecule has 0 aliphatic carbocycles. The number of nitrogens with two attached hydrogens (primary N) is 1.